The second kappa shape index (κ2) is 7.40. The Morgan fingerprint density at radius 3 is 2.29 bits per heavy atom. The number of benzene rings is 2. The summed E-state index contributed by atoms with van der Waals surface area (Å²) in [6, 6.07) is 13.2. The Balaban J connectivity index is 2.07. The van der Waals surface area contributed by atoms with Crippen LogP contribution >= 0.6 is 11.8 Å². The summed E-state index contributed by atoms with van der Waals surface area (Å²) in [5.74, 6) is 2.04. The number of methoxy groups -OCH3 is 2. The van der Waals surface area contributed by atoms with E-state index >= 15 is 0 Å². The van der Waals surface area contributed by atoms with Gasteiger partial charge in [-0.15, -0.1) is 11.8 Å². The molecule has 0 aliphatic carbocycles. The van der Waals surface area contributed by atoms with Crippen LogP contribution in [0.5, 0.6) is 11.5 Å². The van der Waals surface area contributed by atoms with E-state index in [-0.39, 0.29) is 0 Å². The van der Waals surface area contributed by atoms with Gasteiger partial charge in [0.15, 0.2) is 0 Å². The monoisotopic (exact) mass is 304 g/mol. The van der Waals surface area contributed by atoms with E-state index < -0.39 is 7.12 Å². The largest absolute Gasteiger partial charge is 0.497 e. The van der Waals surface area contributed by atoms with Crippen molar-refractivity contribution in [3.8, 4) is 11.5 Å². The SMILES string of the molecule is COc1ccc(SCc2ccc(OC)c(B(O)O)c2)cc1. The van der Waals surface area contributed by atoms with Gasteiger partial charge in [-0.05, 0) is 35.9 Å². The van der Waals surface area contributed by atoms with Crippen LogP contribution in [0.2, 0.25) is 0 Å². The van der Waals surface area contributed by atoms with Crippen LogP contribution in [-0.2, 0) is 5.75 Å². The van der Waals surface area contributed by atoms with Crippen molar-refractivity contribution in [3.05, 3.63) is 48.0 Å². The molecule has 0 aromatic heterocycles. The molecule has 0 unspecified atom stereocenters. The maximum absolute atomic E-state index is 9.36. The summed E-state index contributed by atoms with van der Waals surface area (Å²) >= 11 is 1.67. The van der Waals surface area contributed by atoms with Crippen molar-refractivity contribution in [2.24, 2.45) is 0 Å². The summed E-state index contributed by atoms with van der Waals surface area (Å²) in [5, 5.41) is 18.7. The van der Waals surface area contributed by atoms with Crippen LogP contribution in [0, 0.1) is 0 Å². The van der Waals surface area contributed by atoms with Crippen LogP contribution in [0.4, 0.5) is 0 Å². The third kappa shape index (κ3) is 4.17. The number of hydrogen-bond donors (Lipinski definition) is 2. The molecule has 2 rings (SSSR count). The average molecular weight is 304 g/mol. The second-order valence-electron chi connectivity index (χ2n) is 4.41. The Labute approximate surface area is 128 Å². The minimum absolute atomic E-state index is 0.380. The third-order valence-electron chi connectivity index (χ3n) is 3.04. The minimum atomic E-state index is -1.54. The van der Waals surface area contributed by atoms with E-state index in [0.29, 0.717) is 11.2 Å². The highest BCUT2D eigenvalue weighted by atomic mass is 32.2. The first-order chi connectivity index (χ1) is 10.1. The van der Waals surface area contributed by atoms with E-state index in [1.165, 1.54) is 7.11 Å². The molecule has 0 fully saturated rings. The van der Waals surface area contributed by atoms with E-state index in [9.17, 15) is 10.0 Å². The molecular weight excluding hydrogens is 287 g/mol. The summed E-state index contributed by atoms with van der Waals surface area (Å²) in [6.07, 6.45) is 0. The fourth-order valence-corrected chi connectivity index (χ4v) is 2.76. The lowest BCUT2D eigenvalue weighted by Crippen LogP contribution is -2.31. The van der Waals surface area contributed by atoms with Crippen molar-refractivity contribution in [2.45, 2.75) is 10.6 Å². The molecule has 110 valence electrons. The number of ether oxygens (including phenoxy) is 2. The zero-order chi connectivity index (χ0) is 15.2. The molecule has 0 aliphatic heterocycles. The van der Waals surface area contributed by atoms with Crippen LogP contribution < -0.4 is 14.9 Å². The summed E-state index contributed by atoms with van der Waals surface area (Å²) in [5.41, 5.74) is 1.38. The van der Waals surface area contributed by atoms with Gasteiger partial charge in [0, 0.05) is 16.1 Å². The maximum atomic E-state index is 9.36. The van der Waals surface area contributed by atoms with Gasteiger partial charge in [-0.1, -0.05) is 12.1 Å². The summed E-state index contributed by atoms with van der Waals surface area (Å²) < 4.78 is 10.2. The zero-order valence-electron chi connectivity index (χ0n) is 11.9. The Morgan fingerprint density at radius 2 is 1.71 bits per heavy atom. The van der Waals surface area contributed by atoms with Crippen LogP contribution in [-0.4, -0.2) is 31.4 Å². The summed E-state index contributed by atoms with van der Waals surface area (Å²) in [4.78, 5) is 1.12. The van der Waals surface area contributed by atoms with E-state index in [2.05, 4.69) is 0 Å². The van der Waals surface area contributed by atoms with E-state index in [1.54, 1.807) is 31.0 Å². The molecule has 0 atom stereocenters. The van der Waals surface area contributed by atoms with Gasteiger partial charge < -0.3 is 19.5 Å². The lowest BCUT2D eigenvalue weighted by Gasteiger charge is -2.10. The van der Waals surface area contributed by atoms with Gasteiger partial charge in [-0.25, -0.2) is 0 Å². The molecule has 0 amide bonds. The molecule has 0 saturated heterocycles. The smallest absolute Gasteiger partial charge is 0.492 e. The molecule has 0 heterocycles. The fraction of sp³-hybridized carbons (Fsp3) is 0.200. The van der Waals surface area contributed by atoms with Gasteiger partial charge in [0.25, 0.3) is 0 Å². The minimum Gasteiger partial charge on any atom is -0.497 e. The molecule has 0 radical (unpaired) electrons. The highest BCUT2D eigenvalue weighted by Gasteiger charge is 2.17. The molecule has 0 aliphatic rings. The van der Waals surface area contributed by atoms with E-state index in [1.807, 2.05) is 30.3 Å². The van der Waals surface area contributed by atoms with Gasteiger partial charge in [0.2, 0.25) is 0 Å². The predicted octanol–water partition coefficient (Wildman–Crippen LogP) is 1.68. The van der Waals surface area contributed by atoms with Crippen LogP contribution in [0.1, 0.15) is 5.56 Å². The molecule has 21 heavy (non-hydrogen) atoms. The average Bonchev–Trinajstić information content (AvgIpc) is 2.53. The standard InChI is InChI=1S/C15H17BO4S/c1-19-12-4-6-13(7-5-12)21-10-11-3-8-15(20-2)14(9-11)16(17)18/h3-9,17-18H,10H2,1-2H3. The molecule has 4 nitrogen and oxygen atoms in total. The van der Waals surface area contributed by atoms with Crippen LogP contribution in [0.25, 0.3) is 0 Å². The van der Waals surface area contributed by atoms with Gasteiger partial charge in [0.1, 0.15) is 11.5 Å². The highest BCUT2D eigenvalue weighted by molar-refractivity contribution is 7.98. The van der Waals surface area contributed by atoms with Gasteiger partial charge in [-0.3, -0.25) is 0 Å². The summed E-state index contributed by atoms with van der Waals surface area (Å²) in [6.45, 7) is 0. The van der Waals surface area contributed by atoms with Crippen molar-refractivity contribution in [1.82, 2.24) is 0 Å². The van der Waals surface area contributed by atoms with E-state index in [0.717, 1.165) is 22.0 Å². The predicted molar refractivity (Wildman–Crippen MR) is 85.4 cm³/mol. The van der Waals surface area contributed by atoms with Crippen molar-refractivity contribution in [1.29, 1.82) is 0 Å². The quantitative estimate of drug-likeness (QED) is 0.628. The van der Waals surface area contributed by atoms with Gasteiger partial charge >= 0.3 is 7.12 Å². The number of rotatable bonds is 6. The maximum Gasteiger partial charge on any atom is 0.492 e. The molecular formula is C15H17BO4S. The second-order valence-corrected chi connectivity index (χ2v) is 5.46. The first-order valence-corrected chi connectivity index (χ1v) is 7.42. The lowest BCUT2D eigenvalue weighted by molar-refractivity contribution is 0.403. The molecule has 0 spiro atoms. The number of hydrogen-bond acceptors (Lipinski definition) is 5. The fourth-order valence-electron chi connectivity index (χ4n) is 1.91. The van der Waals surface area contributed by atoms with E-state index in [4.69, 9.17) is 9.47 Å². The van der Waals surface area contributed by atoms with Gasteiger partial charge in [0.05, 0.1) is 14.2 Å². The first kappa shape index (κ1) is 15.8. The molecule has 2 N–H and O–H groups in total. The molecule has 6 heteroatoms. The van der Waals surface area contributed by atoms with Crippen molar-refractivity contribution in [2.75, 3.05) is 14.2 Å². The van der Waals surface area contributed by atoms with Crippen molar-refractivity contribution in [3.63, 3.8) is 0 Å². The van der Waals surface area contributed by atoms with Crippen molar-refractivity contribution < 1.29 is 19.5 Å². The third-order valence-corrected chi connectivity index (χ3v) is 4.12. The summed E-state index contributed by atoms with van der Waals surface area (Å²) in [7, 11) is 1.61. The lowest BCUT2D eigenvalue weighted by atomic mass is 9.79. The van der Waals surface area contributed by atoms with Gasteiger partial charge in [-0.2, -0.15) is 0 Å². The normalized spacial score (nSPS) is 10.3. The molecule has 2 aromatic rings. The number of thioether (sulfide) groups is 1. The Morgan fingerprint density at radius 1 is 1.00 bits per heavy atom. The molecule has 0 saturated carbocycles. The van der Waals surface area contributed by atoms with Crippen LogP contribution in [0.3, 0.4) is 0 Å². The topological polar surface area (TPSA) is 58.9 Å². The Hall–Kier alpha value is -1.63. The molecule has 0 bridgehead atoms. The first-order valence-electron chi connectivity index (χ1n) is 6.44. The Kier molecular flexibility index (Phi) is 5.55. The van der Waals surface area contributed by atoms with Crippen LogP contribution in [0.15, 0.2) is 47.4 Å². The Bertz CT molecular complexity index is 587. The molecule has 2 aromatic carbocycles. The highest BCUT2D eigenvalue weighted by Crippen LogP contribution is 2.25. The zero-order valence-corrected chi connectivity index (χ0v) is 12.8. The van der Waals surface area contributed by atoms with Crippen molar-refractivity contribution >= 4 is 24.3 Å².